The molecule has 118 valence electrons. The lowest BCUT2D eigenvalue weighted by atomic mass is 9.86. The number of benzene rings is 1. The molecule has 4 atom stereocenters. The fourth-order valence-corrected chi connectivity index (χ4v) is 4.20. The molecule has 1 aromatic carbocycles. The highest BCUT2D eigenvalue weighted by Crippen LogP contribution is 2.36. The van der Waals surface area contributed by atoms with E-state index in [1.165, 1.54) is 0 Å². The van der Waals surface area contributed by atoms with Gasteiger partial charge < -0.3 is 15.4 Å². The van der Waals surface area contributed by atoms with Crippen LogP contribution in [0.4, 0.5) is 4.79 Å². The maximum atomic E-state index is 12.3. The van der Waals surface area contributed by atoms with E-state index >= 15 is 0 Å². The third-order valence-electron chi connectivity index (χ3n) is 5.09. The van der Waals surface area contributed by atoms with Crippen molar-refractivity contribution >= 4 is 17.7 Å². The lowest BCUT2D eigenvalue weighted by Crippen LogP contribution is -2.49. The molecule has 1 aromatic rings. The van der Waals surface area contributed by atoms with Crippen molar-refractivity contribution in [3.63, 3.8) is 0 Å². The summed E-state index contributed by atoms with van der Waals surface area (Å²) < 4.78 is 5.34. The van der Waals surface area contributed by atoms with E-state index in [-0.39, 0.29) is 18.2 Å². The van der Waals surface area contributed by atoms with Crippen molar-refractivity contribution in [1.29, 1.82) is 0 Å². The Bertz CT molecular complexity index is 582. The number of halogens is 1. The monoisotopic (exact) mass is 321 g/mol. The summed E-state index contributed by atoms with van der Waals surface area (Å²) >= 11 is 6.10. The number of carbonyl (C=O) groups excluding carboxylic acids is 1. The van der Waals surface area contributed by atoms with Crippen molar-refractivity contribution in [3.8, 4) is 0 Å². The van der Waals surface area contributed by atoms with E-state index in [0.29, 0.717) is 23.7 Å². The first-order valence-corrected chi connectivity index (χ1v) is 8.27. The molecule has 1 aliphatic carbocycles. The summed E-state index contributed by atoms with van der Waals surface area (Å²) in [6.45, 7) is 1.28. The summed E-state index contributed by atoms with van der Waals surface area (Å²) in [6.07, 6.45) is 2.89. The Hall–Kier alpha value is -1.30. The molecular formula is C16H20ClN3O2. The van der Waals surface area contributed by atoms with E-state index < -0.39 is 0 Å². The normalized spacial score (nSPS) is 34.6. The van der Waals surface area contributed by atoms with Gasteiger partial charge in [-0.1, -0.05) is 23.7 Å². The van der Waals surface area contributed by atoms with Crippen molar-refractivity contribution in [1.82, 2.24) is 15.5 Å². The summed E-state index contributed by atoms with van der Waals surface area (Å²) in [5.41, 5.74) is 1.05. The van der Waals surface area contributed by atoms with Crippen molar-refractivity contribution in [3.05, 3.63) is 34.9 Å². The van der Waals surface area contributed by atoms with Gasteiger partial charge in [0, 0.05) is 29.8 Å². The number of rotatable bonds is 2. The van der Waals surface area contributed by atoms with Gasteiger partial charge in [0.2, 0.25) is 0 Å². The molecule has 0 aromatic heterocycles. The number of hydrogen-bond donors (Lipinski definition) is 2. The molecule has 0 bridgehead atoms. The van der Waals surface area contributed by atoms with Gasteiger partial charge in [-0.05, 0) is 37.0 Å². The number of nitrogens with zero attached hydrogens (tertiary/aromatic N) is 1. The van der Waals surface area contributed by atoms with Gasteiger partial charge in [-0.25, -0.2) is 4.79 Å². The second-order valence-electron chi connectivity index (χ2n) is 6.32. The fourth-order valence-electron chi connectivity index (χ4n) is 4.00. The minimum absolute atomic E-state index is 0.0258. The summed E-state index contributed by atoms with van der Waals surface area (Å²) in [4.78, 5) is 14.2. The Balaban J connectivity index is 1.57. The zero-order valence-corrected chi connectivity index (χ0v) is 13.1. The molecular weight excluding hydrogens is 302 g/mol. The van der Waals surface area contributed by atoms with Crippen LogP contribution in [0.5, 0.6) is 0 Å². The molecule has 1 saturated carbocycles. The molecule has 5 nitrogen and oxygen atoms in total. The molecule has 0 radical (unpaired) electrons. The highest BCUT2D eigenvalue weighted by molar-refractivity contribution is 6.30. The molecule has 2 saturated heterocycles. The first-order valence-electron chi connectivity index (χ1n) is 7.89. The first-order chi connectivity index (χ1) is 10.7. The van der Waals surface area contributed by atoms with Gasteiger partial charge in [0.1, 0.15) is 6.61 Å². The highest BCUT2D eigenvalue weighted by atomic mass is 35.5. The van der Waals surface area contributed by atoms with Gasteiger partial charge >= 0.3 is 6.09 Å². The van der Waals surface area contributed by atoms with E-state index in [2.05, 4.69) is 10.6 Å². The van der Waals surface area contributed by atoms with E-state index in [1.54, 1.807) is 0 Å². The minimum atomic E-state index is -0.195. The van der Waals surface area contributed by atoms with Crippen molar-refractivity contribution in [2.45, 2.75) is 43.4 Å². The SMILES string of the molecule is O=C1OC[C@H](c2cccc(Cl)c2)N1C1CCC2NCNC2C1. The summed E-state index contributed by atoms with van der Waals surface area (Å²) in [6, 6.07) is 8.93. The van der Waals surface area contributed by atoms with Gasteiger partial charge in [-0.3, -0.25) is 4.90 Å². The third kappa shape index (κ3) is 2.47. The summed E-state index contributed by atoms with van der Waals surface area (Å²) in [5.74, 6) is 0. The second kappa shape index (κ2) is 5.72. The fraction of sp³-hybridized carbons (Fsp3) is 0.562. The predicted octanol–water partition coefficient (Wildman–Crippen LogP) is 2.27. The van der Waals surface area contributed by atoms with Gasteiger partial charge in [-0.15, -0.1) is 0 Å². The van der Waals surface area contributed by atoms with Crippen LogP contribution in [0.25, 0.3) is 0 Å². The quantitative estimate of drug-likeness (QED) is 0.877. The van der Waals surface area contributed by atoms with Crippen LogP contribution < -0.4 is 10.6 Å². The zero-order chi connectivity index (χ0) is 15.1. The lowest BCUT2D eigenvalue weighted by Gasteiger charge is -2.38. The molecule has 3 fully saturated rings. The van der Waals surface area contributed by atoms with Crippen molar-refractivity contribution < 1.29 is 9.53 Å². The number of carbonyl (C=O) groups is 1. The average Bonchev–Trinajstić information content (AvgIpc) is 3.12. The minimum Gasteiger partial charge on any atom is -0.447 e. The van der Waals surface area contributed by atoms with Gasteiger partial charge in [0.25, 0.3) is 0 Å². The number of amides is 1. The van der Waals surface area contributed by atoms with Crippen LogP contribution in [-0.4, -0.2) is 42.4 Å². The number of nitrogens with one attached hydrogen (secondary N) is 2. The van der Waals surface area contributed by atoms with Crippen LogP contribution in [0.2, 0.25) is 5.02 Å². The number of fused-ring (bicyclic) bond motifs is 1. The molecule has 0 spiro atoms. The maximum Gasteiger partial charge on any atom is 0.410 e. The zero-order valence-electron chi connectivity index (χ0n) is 12.3. The first kappa shape index (κ1) is 14.3. The number of cyclic esters (lactones) is 1. The Kier molecular flexibility index (Phi) is 3.72. The molecule has 1 amide bonds. The van der Waals surface area contributed by atoms with E-state index in [9.17, 15) is 4.79 Å². The topological polar surface area (TPSA) is 53.6 Å². The molecule has 22 heavy (non-hydrogen) atoms. The molecule has 4 rings (SSSR count). The standard InChI is InChI=1S/C16H20ClN3O2/c17-11-3-1-2-10(6-11)15-8-22-16(21)20(15)12-4-5-13-14(7-12)19-9-18-13/h1-3,6,12-15,18-19H,4-5,7-9H2/t12?,13?,14?,15-/m1/s1. The molecule has 2 aliphatic heterocycles. The molecule has 6 heteroatoms. The largest absolute Gasteiger partial charge is 0.447 e. The van der Waals surface area contributed by atoms with Gasteiger partial charge in [0.15, 0.2) is 0 Å². The van der Waals surface area contributed by atoms with Crippen LogP contribution in [-0.2, 0) is 4.74 Å². The van der Waals surface area contributed by atoms with Crippen LogP contribution in [0.3, 0.4) is 0 Å². The van der Waals surface area contributed by atoms with Crippen molar-refractivity contribution in [2.75, 3.05) is 13.3 Å². The van der Waals surface area contributed by atoms with Crippen LogP contribution >= 0.6 is 11.6 Å². The Morgan fingerprint density at radius 3 is 2.95 bits per heavy atom. The van der Waals surface area contributed by atoms with E-state index in [4.69, 9.17) is 16.3 Å². The highest BCUT2D eigenvalue weighted by Gasteiger charge is 2.43. The van der Waals surface area contributed by atoms with Crippen LogP contribution in [0.15, 0.2) is 24.3 Å². The molecule has 3 aliphatic rings. The second-order valence-corrected chi connectivity index (χ2v) is 6.76. The Labute approximate surface area is 135 Å². The van der Waals surface area contributed by atoms with Gasteiger partial charge in [-0.2, -0.15) is 0 Å². The molecule has 2 heterocycles. The Morgan fingerprint density at radius 2 is 2.09 bits per heavy atom. The maximum absolute atomic E-state index is 12.3. The van der Waals surface area contributed by atoms with E-state index in [1.807, 2.05) is 29.2 Å². The van der Waals surface area contributed by atoms with Gasteiger partial charge in [0.05, 0.1) is 6.04 Å². The summed E-state index contributed by atoms with van der Waals surface area (Å²) in [5, 5.41) is 7.64. The average molecular weight is 322 g/mol. The Morgan fingerprint density at radius 1 is 1.23 bits per heavy atom. The van der Waals surface area contributed by atoms with Crippen molar-refractivity contribution in [2.24, 2.45) is 0 Å². The molecule has 2 N–H and O–H groups in total. The summed E-state index contributed by atoms with van der Waals surface area (Å²) in [7, 11) is 0. The van der Waals surface area contributed by atoms with Crippen LogP contribution in [0, 0.1) is 0 Å². The third-order valence-corrected chi connectivity index (χ3v) is 5.32. The number of ether oxygens (including phenoxy) is 1. The van der Waals surface area contributed by atoms with E-state index in [0.717, 1.165) is 31.5 Å². The smallest absolute Gasteiger partial charge is 0.410 e. The number of hydrogen-bond acceptors (Lipinski definition) is 4. The molecule has 3 unspecified atom stereocenters. The lowest BCUT2D eigenvalue weighted by molar-refractivity contribution is 0.124. The predicted molar refractivity (Wildman–Crippen MR) is 83.7 cm³/mol. The van der Waals surface area contributed by atoms with Crippen LogP contribution in [0.1, 0.15) is 30.9 Å².